The molecule has 0 spiro atoms. The summed E-state index contributed by atoms with van der Waals surface area (Å²) in [6.45, 7) is 0.351. The first-order valence-electron chi connectivity index (χ1n) is 8.82. The molecule has 4 rings (SSSR count). The molecular weight excluding hydrogens is 390 g/mol. The van der Waals surface area contributed by atoms with Crippen LogP contribution in [-0.2, 0) is 11.4 Å². The average Bonchev–Trinajstić information content (AvgIpc) is 3.06. The zero-order valence-corrected chi connectivity index (χ0v) is 16.0. The van der Waals surface area contributed by atoms with E-state index in [4.69, 9.17) is 4.74 Å². The molecule has 1 unspecified atom stereocenters. The maximum atomic E-state index is 12.0. The third-order valence-corrected chi connectivity index (χ3v) is 5.34. The van der Waals surface area contributed by atoms with Crippen LogP contribution in [0.4, 0.5) is 4.79 Å². The van der Waals surface area contributed by atoms with Crippen LogP contribution >= 0.6 is 11.8 Å². The Kier molecular flexibility index (Phi) is 5.35. The van der Waals surface area contributed by atoms with Gasteiger partial charge in [0.15, 0.2) is 0 Å². The number of pyridine rings is 1. The van der Waals surface area contributed by atoms with Crippen LogP contribution in [0.3, 0.4) is 0 Å². The molecule has 1 fully saturated rings. The van der Waals surface area contributed by atoms with Gasteiger partial charge >= 0.3 is 6.03 Å². The lowest BCUT2D eigenvalue weighted by atomic mass is 10.1. The molecule has 1 saturated heterocycles. The second kappa shape index (κ2) is 8.24. The molecule has 1 aromatic heterocycles. The molecule has 1 atom stereocenters. The number of hydrogen-bond acceptors (Lipinski definition) is 6. The molecule has 2 aromatic carbocycles. The van der Waals surface area contributed by atoms with Crippen LogP contribution in [0, 0.1) is 0 Å². The fraction of sp³-hybridized carbons (Fsp3) is 0.0952. The Morgan fingerprint density at radius 1 is 1.10 bits per heavy atom. The van der Waals surface area contributed by atoms with Gasteiger partial charge in [-0.05, 0) is 48.0 Å². The fourth-order valence-electron chi connectivity index (χ4n) is 2.89. The number of aromatic nitrogens is 1. The summed E-state index contributed by atoms with van der Waals surface area (Å²) in [4.78, 5) is 29.3. The summed E-state index contributed by atoms with van der Waals surface area (Å²) in [5.41, 5.74) is 1.57. The van der Waals surface area contributed by atoms with Crippen LogP contribution in [0.1, 0.15) is 17.2 Å². The summed E-state index contributed by atoms with van der Waals surface area (Å²) in [7, 11) is 0. The zero-order chi connectivity index (χ0) is 20.2. The summed E-state index contributed by atoms with van der Waals surface area (Å²) in [6, 6.07) is 15.0. The standard InChI is InChI=1S/C21H17N3O4S/c25-14-3-1-2-13(10-14)12-28-15-4-6-16(7-5-15)29-18-11-22-9-8-17(18)19-20(26)24-21(27)23-19/h1-11,19,25H,12H2,(H2,23,24,26,27). The van der Waals surface area contributed by atoms with Crippen LogP contribution in [-0.4, -0.2) is 22.0 Å². The van der Waals surface area contributed by atoms with Crippen LogP contribution < -0.4 is 15.4 Å². The third-order valence-electron chi connectivity index (χ3n) is 4.27. The molecule has 0 saturated carbocycles. The number of carbonyl (C=O) groups excluding carboxylic acids is 2. The van der Waals surface area contributed by atoms with E-state index in [9.17, 15) is 14.7 Å². The first-order valence-corrected chi connectivity index (χ1v) is 9.64. The monoisotopic (exact) mass is 407 g/mol. The van der Waals surface area contributed by atoms with E-state index in [0.29, 0.717) is 17.9 Å². The normalized spacial score (nSPS) is 15.7. The van der Waals surface area contributed by atoms with Crippen molar-refractivity contribution in [1.29, 1.82) is 0 Å². The van der Waals surface area contributed by atoms with E-state index in [0.717, 1.165) is 15.4 Å². The summed E-state index contributed by atoms with van der Waals surface area (Å²) >= 11 is 1.45. The van der Waals surface area contributed by atoms with Crippen molar-refractivity contribution in [3.63, 3.8) is 0 Å². The van der Waals surface area contributed by atoms with Crippen molar-refractivity contribution in [2.24, 2.45) is 0 Å². The minimum Gasteiger partial charge on any atom is -0.508 e. The second-order valence-corrected chi connectivity index (χ2v) is 7.46. The number of urea groups is 1. The number of rotatable bonds is 6. The van der Waals surface area contributed by atoms with Gasteiger partial charge < -0.3 is 15.2 Å². The van der Waals surface area contributed by atoms with Crippen LogP contribution in [0.2, 0.25) is 0 Å². The average molecular weight is 407 g/mol. The van der Waals surface area contributed by atoms with E-state index in [2.05, 4.69) is 15.6 Å². The number of hydrogen-bond donors (Lipinski definition) is 3. The number of benzene rings is 2. The highest BCUT2D eigenvalue weighted by Crippen LogP contribution is 2.34. The van der Waals surface area contributed by atoms with E-state index in [1.807, 2.05) is 30.3 Å². The topological polar surface area (TPSA) is 101 Å². The summed E-state index contributed by atoms with van der Waals surface area (Å²) in [6.07, 6.45) is 3.26. The number of phenols is 1. The van der Waals surface area contributed by atoms with Gasteiger partial charge in [-0.2, -0.15) is 0 Å². The first kappa shape index (κ1) is 18.8. The number of nitrogens with one attached hydrogen (secondary N) is 2. The van der Waals surface area contributed by atoms with Gasteiger partial charge in [0.1, 0.15) is 24.1 Å². The molecule has 3 aromatic rings. The highest BCUT2D eigenvalue weighted by molar-refractivity contribution is 7.99. The van der Waals surface area contributed by atoms with Crippen LogP contribution in [0.5, 0.6) is 11.5 Å². The summed E-state index contributed by atoms with van der Waals surface area (Å²) in [5.74, 6) is 0.530. The van der Waals surface area contributed by atoms with Gasteiger partial charge in [-0.1, -0.05) is 23.9 Å². The molecule has 146 valence electrons. The molecule has 8 heteroatoms. The number of carbonyl (C=O) groups is 2. The molecule has 29 heavy (non-hydrogen) atoms. The van der Waals surface area contributed by atoms with E-state index in [-0.39, 0.29) is 11.7 Å². The Balaban J connectivity index is 1.44. The van der Waals surface area contributed by atoms with Crippen molar-refractivity contribution in [2.45, 2.75) is 22.4 Å². The maximum Gasteiger partial charge on any atom is 0.322 e. The van der Waals surface area contributed by atoms with E-state index < -0.39 is 12.1 Å². The lowest BCUT2D eigenvalue weighted by Crippen LogP contribution is -2.22. The molecule has 0 bridgehead atoms. The predicted molar refractivity (Wildman–Crippen MR) is 107 cm³/mol. The second-order valence-electron chi connectivity index (χ2n) is 6.34. The van der Waals surface area contributed by atoms with Crippen molar-refractivity contribution >= 4 is 23.7 Å². The molecule has 7 nitrogen and oxygen atoms in total. The van der Waals surface area contributed by atoms with Crippen molar-refractivity contribution in [3.8, 4) is 11.5 Å². The Morgan fingerprint density at radius 3 is 2.66 bits per heavy atom. The van der Waals surface area contributed by atoms with Gasteiger partial charge in [0.2, 0.25) is 0 Å². The fourth-order valence-corrected chi connectivity index (χ4v) is 3.84. The summed E-state index contributed by atoms with van der Waals surface area (Å²) < 4.78 is 5.75. The zero-order valence-electron chi connectivity index (χ0n) is 15.2. The quantitative estimate of drug-likeness (QED) is 0.542. The Bertz CT molecular complexity index is 1060. The van der Waals surface area contributed by atoms with Gasteiger partial charge in [0.25, 0.3) is 5.91 Å². The highest BCUT2D eigenvalue weighted by atomic mass is 32.2. The van der Waals surface area contributed by atoms with Crippen molar-refractivity contribution in [2.75, 3.05) is 0 Å². The minimum atomic E-state index is -0.724. The van der Waals surface area contributed by atoms with Crippen LogP contribution in [0.15, 0.2) is 76.8 Å². The molecule has 0 aliphatic carbocycles. The largest absolute Gasteiger partial charge is 0.508 e. The number of aromatic hydroxyl groups is 1. The maximum absolute atomic E-state index is 12.0. The number of amides is 3. The molecule has 3 amide bonds. The minimum absolute atomic E-state index is 0.206. The highest BCUT2D eigenvalue weighted by Gasteiger charge is 2.32. The lowest BCUT2D eigenvalue weighted by Gasteiger charge is -2.13. The molecule has 0 radical (unpaired) electrons. The van der Waals surface area contributed by atoms with Crippen molar-refractivity contribution < 1.29 is 19.4 Å². The van der Waals surface area contributed by atoms with Gasteiger partial charge in [-0.15, -0.1) is 0 Å². The number of imide groups is 1. The van der Waals surface area contributed by atoms with Crippen molar-refractivity contribution in [3.05, 3.63) is 78.1 Å². The van der Waals surface area contributed by atoms with Gasteiger partial charge in [-0.3, -0.25) is 15.1 Å². The number of nitrogens with zero attached hydrogens (tertiary/aromatic N) is 1. The van der Waals surface area contributed by atoms with E-state index in [1.54, 1.807) is 36.7 Å². The van der Waals surface area contributed by atoms with E-state index in [1.165, 1.54) is 11.8 Å². The molecule has 1 aliphatic heterocycles. The molecule has 1 aliphatic rings. The Labute approximate surface area is 171 Å². The van der Waals surface area contributed by atoms with E-state index >= 15 is 0 Å². The van der Waals surface area contributed by atoms with Gasteiger partial charge in [0, 0.05) is 27.7 Å². The smallest absolute Gasteiger partial charge is 0.322 e. The molecule has 2 heterocycles. The number of phenolic OH excluding ortho intramolecular Hbond substituents is 1. The SMILES string of the molecule is O=C1NC(=O)C(c2ccncc2Sc2ccc(OCc3cccc(O)c3)cc2)N1. The number of ether oxygens (including phenoxy) is 1. The first-order chi connectivity index (χ1) is 14.1. The van der Waals surface area contributed by atoms with Crippen LogP contribution in [0.25, 0.3) is 0 Å². The van der Waals surface area contributed by atoms with Gasteiger partial charge in [-0.25, -0.2) is 4.79 Å². The van der Waals surface area contributed by atoms with Gasteiger partial charge in [0.05, 0.1) is 0 Å². The molecule has 3 N–H and O–H groups in total. The molecular formula is C21H17N3O4S. The predicted octanol–water partition coefficient (Wildman–Crippen LogP) is 3.40. The summed E-state index contributed by atoms with van der Waals surface area (Å²) in [5, 5.41) is 14.4. The lowest BCUT2D eigenvalue weighted by molar-refractivity contribution is -0.120. The third kappa shape index (κ3) is 4.49. The Morgan fingerprint density at radius 2 is 1.93 bits per heavy atom. The van der Waals surface area contributed by atoms with Crippen molar-refractivity contribution in [1.82, 2.24) is 15.6 Å². The Hall–Kier alpha value is -3.52.